The van der Waals surface area contributed by atoms with Crippen molar-refractivity contribution in [2.45, 2.75) is 26.2 Å². The number of hydrogen-bond acceptors (Lipinski definition) is 1. The maximum absolute atomic E-state index is 11.1. The molecule has 1 N–H and O–H groups in total. The molecule has 1 amide bonds. The van der Waals surface area contributed by atoms with Gasteiger partial charge >= 0.3 is 0 Å². The Kier molecular flexibility index (Phi) is 2.05. The Morgan fingerprint density at radius 2 is 2.23 bits per heavy atom. The number of hydrogen-bond donors (Lipinski definition) is 1. The highest BCUT2D eigenvalue weighted by Gasteiger charge is 2.13. The Hall–Kier alpha value is -1.31. The lowest BCUT2D eigenvalue weighted by Gasteiger charge is -2.17. The van der Waals surface area contributed by atoms with Gasteiger partial charge in [-0.25, -0.2) is 0 Å². The number of rotatable bonds is 1. The normalized spacial score (nSPS) is 15.0. The van der Waals surface area contributed by atoms with Crippen molar-refractivity contribution in [3.8, 4) is 0 Å². The molecule has 0 saturated carbocycles. The minimum absolute atomic E-state index is 0.140. The van der Waals surface area contributed by atoms with Crippen LogP contribution < -0.4 is 5.32 Å². The summed E-state index contributed by atoms with van der Waals surface area (Å²) in [6.45, 7) is 2.12. The number of carbonyl (C=O) groups is 1. The van der Waals surface area contributed by atoms with Crippen molar-refractivity contribution in [2.75, 3.05) is 5.32 Å². The molecule has 1 aromatic carbocycles. The van der Waals surface area contributed by atoms with Crippen LogP contribution in [0.1, 0.15) is 24.5 Å². The van der Waals surface area contributed by atoms with E-state index in [1.165, 1.54) is 11.1 Å². The molecule has 0 fully saturated rings. The summed E-state index contributed by atoms with van der Waals surface area (Å²) in [4.78, 5) is 11.1. The highest BCUT2D eigenvalue weighted by Crippen LogP contribution is 2.23. The fraction of sp³-hybridized carbons (Fsp3) is 0.364. The van der Waals surface area contributed by atoms with Gasteiger partial charge in [-0.2, -0.15) is 0 Å². The molecule has 68 valence electrons. The standard InChI is InChI=1S/C11H13NO/c1-2-8-3-4-9-5-6-11(13)12-10(9)7-8/h3-4,7H,2,5-6H2,1H3,(H,12,13). The first-order chi connectivity index (χ1) is 6.29. The third kappa shape index (κ3) is 1.57. The van der Waals surface area contributed by atoms with Crippen LogP contribution in [0.3, 0.4) is 0 Å². The lowest BCUT2D eigenvalue weighted by atomic mass is 10.0. The second-order valence-electron chi connectivity index (χ2n) is 3.39. The smallest absolute Gasteiger partial charge is 0.224 e. The molecule has 0 unspecified atom stereocenters. The zero-order chi connectivity index (χ0) is 9.26. The van der Waals surface area contributed by atoms with Crippen molar-refractivity contribution in [1.82, 2.24) is 0 Å². The Balaban J connectivity index is 2.38. The number of fused-ring (bicyclic) bond motifs is 1. The fourth-order valence-electron chi connectivity index (χ4n) is 1.64. The lowest BCUT2D eigenvalue weighted by Crippen LogP contribution is -2.18. The van der Waals surface area contributed by atoms with Crippen LogP contribution in [0.5, 0.6) is 0 Å². The number of amides is 1. The SMILES string of the molecule is CCc1ccc2c(c1)NC(=O)CC2. The summed E-state index contributed by atoms with van der Waals surface area (Å²) >= 11 is 0. The van der Waals surface area contributed by atoms with Crippen molar-refractivity contribution in [2.24, 2.45) is 0 Å². The lowest BCUT2D eigenvalue weighted by molar-refractivity contribution is -0.116. The Labute approximate surface area is 78.0 Å². The van der Waals surface area contributed by atoms with Gasteiger partial charge in [-0.3, -0.25) is 4.79 Å². The van der Waals surface area contributed by atoms with E-state index < -0.39 is 0 Å². The first kappa shape index (κ1) is 8.30. The highest BCUT2D eigenvalue weighted by atomic mass is 16.1. The Morgan fingerprint density at radius 3 is 3.00 bits per heavy atom. The number of anilines is 1. The molecule has 2 heteroatoms. The molecule has 2 rings (SSSR count). The summed E-state index contributed by atoms with van der Waals surface area (Å²) in [5, 5.41) is 2.90. The second-order valence-corrected chi connectivity index (χ2v) is 3.39. The molecule has 1 heterocycles. The van der Waals surface area contributed by atoms with Crippen molar-refractivity contribution in [3.05, 3.63) is 29.3 Å². The van der Waals surface area contributed by atoms with E-state index >= 15 is 0 Å². The molecule has 0 radical (unpaired) electrons. The topological polar surface area (TPSA) is 29.1 Å². The molecule has 1 aliphatic rings. The summed E-state index contributed by atoms with van der Waals surface area (Å²) in [7, 11) is 0. The van der Waals surface area contributed by atoms with Crippen molar-refractivity contribution in [1.29, 1.82) is 0 Å². The zero-order valence-corrected chi connectivity index (χ0v) is 7.76. The van der Waals surface area contributed by atoms with Crippen LogP contribution in [0.25, 0.3) is 0 Å². The van der Waals surface area contributed by atoms with E-state index in [0.29, 0.717) is 6.42 Å². The van der Waals surface area contributed by atoms with Gasteiger partial charge in [-0.05, 0) is 30.0 Å². The molecule has 0 atom stereocenters. The maximum atomic E-state index is 11.1. The van der Waals surface area contributed by atoms with Crippen LogP contribution in [0.2, 0.25) is 0 Å². The van der Waals surface area contributed by atoms with Crippen LogP contribution in [0, 0.1) is 0 Å². The van der Waals surface area contributed by atoms with Crippen LogP contribution in [-0.2, 0) is 17.6 Å². The molecule has 13 heavy (non-hydrogen) atoms. The minimum Gasteiger partial charge on any atom is -0.326 e. The summed E-state index contributed by atoms with van der Waals surface area (Å²) in [5.74, 6) is 0.140. The van der Waals surface area contributed by atoms with E-state index in [1.54, 1.807) is 0 Å². The van der Waals surface area contributed by atoms with Crippen LogP contribution >= 0.6 is 0 Å². The summed E-state index contributed by atoms with van der Waals surface area (Å²) in [6, 6.07) is 6.33. The van der Waals surface area contributed by atoms with Gasteiger partial charge in [-0.15, -0.1) is 0 Å². The molecule has 0 spiro atoms. The zero-order valence-electron chi connectivity index (χ0n) is 7.76. The summed E-state index contributed by atoms with van der Waals surface area (Å²) < 4.78 is 0. The Morgan fingerprint density at radius 1 is 1.38 bits per heavy atom. The predicted molar refractivity (Wildman–Crippen MR) is 52.8 cm³/mol. The molecule has 2 nitrogen and oxygen atoms in total. The van der Waals surface area contributed by atoms with Crippen molar-refractivity contribution in [3.63, 3.8) is 0 Å². The van der Waals surface area contributed by atoms with Gasteiger partial charge in [0.1, 0.15) is 0 Å². The first-order valence-electron chi connectivity index (χ1n) is 4.71. The summed E-state index contributed by atoms with van der Waals surface area (Å²) in [6.07, 6.45) is 2.52. The Bertz CT molecular complexity index is 344. The van der Waals surface area contributed by atoms with Gasteiger partial charge in [0.05, 0.1) is 0 Å². The molecule has 1 aromatic rings. The molecule has 0 bridgehead atoms. The molecule has 1 aliphatic heterocycles. The third-order valence-electron chi connectivity index (χ3n) is 2.48. The van der Waals surface area contributed by atoms with Gasteiger partial charge in [0.2, 0.25) is 5.91 Å². The molecular weight excluding hydrogens is 162 g/mol. The van der Waals surface area contributed by atoms with Crippen LogP contribution in [0.15, 0.2) is 18.2 Å². The van der Waals surface area contributed by atoms with E-state index in [4.69, 9.17) is 0 Å². The molecule has 0 saturated heterocycles. The van der Waals surface area contributed by atoms with E-state index in [9.17, 15) is 4.79 Å². The monoisotopic (exact) mass is 175 g/mol. The van der Waals surface area contributed by atoms with Gasteiger partial charge in [0.15, 0.2) is 0 Å². The van der Waals surface area contributed by atoms with Crippen molar-refractivity contribution < 1.29 is 4.79 Å². The van der Waals surface area contributed by atoms with Gasteiger partial charge < -0.3 is 5.32 Å². The third-order valence-corrected chi connectivity index (χ3v) is 2.48. The van der Waals surface area contributed by atoms with Gasteiger partial charge in [0.25, 0.3) is 0 Å². The fourth-order valence-corrected chi connectivity index (χ4v) is 1.64. The van der Waals surface area contributed by atoms with Crippen molar-refractivity contribution >= 4 is 11.6 Å². The summed E-state index contributed by atoms with van der Waals surface area (Å²) in [5.41, 5.74) is 3.55. The van der Waals surface area contributed by atoms with E-state index in [2.05, 4.69) is 30.4 Å². The highest BCUT2D eigenvalue weighted by molar-refractivity contribution is 5.93. The first-order valence-corrected chi connectivity index (χ1v) is 4.71. The molecule has 0 aromatic heterocycles. The second kappa shape index (κ2) is 3.21. The number of carbonyl (C=O) groups excluding carboxylic acids is 1. The van der Waals surface area contributed by atoms with Gasteiger partial charge in [0, 0.05) is 12.1 Å². The predicted octanol–water partition coefficient (Wildman–Crippen LogP) is 2.13. The van der Waals surface area contributed by atoms with Crippen LogP contribution in [0.4, 0.5) is 5.69 Å². The van der Waals surface area contributed by atoms with E-state index in [1.807, 2.05) is 0 Å². The van der Waals surface area contributed by atoms with E-state index in [0.717, 1.165) is 18.5 Å². The number of aryl methyl sites for hydroxylation is 2. The van der Waals surface area contributed by atoms with E-state index in [-0.39, 0.29) is 5.91 Å². The minimum atomic E-state index is 0.140. The molecular formula is C11H13NO. The van der Waals surface area contributed by atoms with Gasteiger partial charge in [-0.1, -0.05) is 19.1 Å². The largest absolute Gasteiger partial charge is 0.326 e. The average molecular weight is 175 g/mol. The quantitative estimate of drug-likeness (QED) is 0.696. The van der Waals surface area contributed by atoms with Crippen LogP contribution in [-0.4, -0.2) is 5.91 Å². The molecule has 0 aliphatic carbocycles. The maximum Gasteiger partial charge on any atom is 0.224 e. The average Bonchev–Trinajstić information content (AvgIpc) is 2.16. The number of benzene rings is 1. The number of nitrogens with one attached hydrogen (secondary N) is 1.